The summed E-state index contributed by atoms with van der Waals surface area (Å²) in [5, 5.41) is 23.4. The largest absolute Gasteiger partial charge is 0.466 e. The van der Waals surface area contributed by atoms with E-state index in [9.17, 15) is 19.8 Å². The fourth-order valence-corrected chi connectivity index (χ4v) is 10.0. The van der Waals surface area contributed by atoms with Crippen molar-refractivity contribution in [1.82, 2.24) is 5.32 Å². The van der Waals surface area contributed by atoms with Crippen LogP contribution in [0.2, 0.25) is 0 Å². The highest BCUT2D eigenvalue weighted by Crippen LogP contribution is 2.18. The summed E-state index contributed by atoms with van der Waals surface area (Å²) >= 11 is 0. The van der Waals surface area contributed by atoms with Crippen LogP contribution in [0, 0.1) is 0 Å². The molecule has 0 aromatic carbocycles. The number of aliphatic hydroxyl groups is 2. The van der Waals surface area contributed by atoms with Gasteiger partial charge in [0.25, 0.3) is 0 Å². The molecule has 0 bridgehead atoms. The van der Waals surface area contributed by atoms with E-state index >= 15 is 0 Å². The first-order valence-electron chi connectivity index (χ1n) is 32.1. The van der Waals surface area contributed by atoms with Gasteiger partial charge < -0.3 is 20.3 Å². The third kappa shape index (κ3) is 57.5. The molecule has 0 saturated heterocycles. The van der Waals surface area contributed by atoms with Crippen LogP contribution in [-0.2, 0) is 14.3 Å². The molecular weight excluding hydrogens is 875 g/mol. The number of allylic oxidation sites excluding steroid dienone is 4. The van der Waals surface area contributed by atoms with Crippen LogP contribution in [-0.4, -0.2) is 47.4 Å². The van der Waals surface area contributed by atoms with Gasteiger partial charge in [-0.1, -0.05) is 289 Å². The second-order valence-electron chi connectivity index (χ2n) is 22.1. The van der Waals surface area contributed by atoms with E-state index in [-0.39, 0.29) is 18.5 Å². The van der Waals surface area contributed by atoms with Crippen LogP contribution in [0.15, 0.2) is 24.3 Å². The lowest BCUT2D eigenvalue weighted by Crippen LogP contribution is -2.45. The van der Waals surface area contributed by atoms with Gasteiger partial charge in [0.05, 0.1) is 25.4 Å². The monoisotopic (exact) mass is 1000 g/mol. The lowest BCUT2D eigenvalue weighted by molar-refractivity contribution is -0.143. The first-order chi connectivity index (χ1) is 35.0. The molecule has 71 heavy (non-hydrogen) atoms. The number of aliphatic hydroxyl groups excluding tert-OH is 2. The van der Waals surface area contributed by atoms with E-state index in [4.69, 9.17) is 4.74 Å². The molecule has 1 amide bonds. The summed E-state index contributed by atoms with van der Waals surface area (Å²) in [6, 6.07) is -0.550. The van der Waals surface area contributed by atoms with Crippen molar-refractivity contribution in [1.29, 1.82) is 0 Å². The maximum absolute atomic E-state index is 12.5. The topological polar surface area (TPSA) is 95.9 Å². The zero-order chi connectivity index (χ0) is 51.4. The van der Waals surface area contributed by atoms with Gasteiger partial charge in [0, 0.05) is 12.8 Å². The molecule has 0 rings (SSSR count). The molecule has 420 valence electrons. The number of hydrogen-bond acceptors (Lipinski definition) is 5. The average molecular weight is 1000 g/mol. The van der Waals surface area contributed by atoms with Crippen LogP contribution in [0.5, 0.6) is 0 Å². The van der Waals surface area contributed by atoms with Crippen LogP contribution in [0.25, 0.3) is 0 Å². The Labute approximate surface area is 443 Å². The van der Waals surface area contributed by atoms with Crippen molar-refractivity contribution >= 4 is 11.9 Å². The smallest absolute Gasteiger partial charge is 0.305 e. The van der Waals surface area contributed by atoms with Gasteiger partial charge in [-0.3, -0.25) is 9.59 Å². The SMILES string of the molecule is CCCCCCC/C=C\CCCCCCCC(=O)OCCCCCCCCCC/C=C\CCCCCCCCCC(=O)NC(CO)C(O)CCCCCCCCCCCCCCCCCCCCCCC. The second kappa shape index (κ2) is 60.9. The first-order valence-corrected chi connectivity index (χ1v) is 32.1. The van der Waals surface area contributed by atoms with Gasteiger partial charge >= 0.3 is 5.97 Å². The van der Waals surface area contributed by atoms with E-state index in [1.165, 1.54) is 276 Å². The van der Waals surface area contributed by atoms with E-state index in [1.807, 2.05) is 0 Å². The quantitative estimate of drug-likeness (QED) is 0.0320. The summed E-state index contributed by atoms with van der Waals surface area (Å²) in [4.78, 5) is 24.6. The number of rotatable bonds is 60. The molecule has 0 aliphatic rings. The summed E-state index contributed by atoms with van der Waals surface area (Å²) < 4.78 is 5.47. The maximum atomic E-state index is 12.5. The third-order valence-corrected chi connectivity index (χ3v) is 15.0. The van der Waals surface area contributed by atoms with Crippen molar-refractivity contribution in [2.24, 2.45) is 0 Å². The molecule has 0 aromatic rings. The van der Waals surface area contributed by atoms with E-state index < -0.39 is 12.1 Å². The fourth-order valence-electron chi connectivity index (χ4n) is 10.0. The minimum Gasteiger partial charge on any atom is -0.466 e. The Kier molecular flexibility index (Phi) is 59.5. The third-order valence-electron chi connectivity index (χ3n) is 15.0. The number of esters is 1. The number of carbonyl (C=O) groups excluding carboxylic acids is 2. The predicted molar refractivity (Wildman–Crippen MR) is 310 cm³/mol. The van der Waals surface area contributed by atoms with Gasteiger partial charge in [0.1, 0.15) is 0 Å². The number of unbranched alkanes of at least 4 members (excludes halogenated alkanes) is 45. The molecule has 0 saturated carbocycles. The molecule has 0 aromatic heterocycles. The molecule has 0 fully saturated rings. The Hall–Kier alpha value is -1.66. The number of carbonyl (C=O) groups is 2. The normalized spacial score (nSPS) is 12.7. The highest BCUT2D eigenvalue weighted by molar-refractivity contribution is 5.76. The first kappa shape index (κ1) is 69.3. The number of ether oxygens (including phenoxy) is 1. The molecule has 0 radical (unpaired) electrons. The predicted octanol–water partition coefficient (Wildman–Crippen LogP) is 20.2. The molecule has 6 heteroatoms. The Morgan fingerprint density at radius 1 is 0.380 bits per heavy atom. The molecule has 0 aliphatic heterocycles. The van der Waals surface area contributed by atoms with Gasteiger partial charge in [-0.05, 0) is 77.0 Å². The molecule has 0 aliphatic carbocycles. The van der Waals surface area contributed by atoms with Crippen molar-refractivity contribution < 1.29 is 24.5 Å². The van der Waals surface area contributed by atoms with E-state index in [0.717, 1.165) is 44.9 Å². The van der Waals surface area contributed by atoms with Crippen LogP contribution < -0.4 is 5.32 Å². The standard InChI is InChI=1S/C65H125NO5/c1-3-5-7-9-11-13-15-17-19-20-21-22-24-27-30-33-37-41-45-49-53-57-63(68)62(61-67)66-64(69)58-54-50-46-42-38-34-31-28-25-23-26-29-32-36-40-44-48-52-56-60-71-65(70)59-55-51-47-43-39-35-18-16-14-12-10-8-6-4-2/h16,18,23,25,62-63,67-68H,3-15,17,19-22,24,26-61H2,1-2H3,(H,66,69)/b18-16-,25-23-. The van der Waals surface area contributed by atoms with Crippen molar-refractivity contribution in [3.8, 4) is 0 Å². The summed E-state index contributed by atoms with van der Waals surface area (Å²) in [6.45, 7) is 4.95. The summed E-state index contributed by atoms with van der Waals surface area (Å²) in [5.41, 5.74) is 0. The molecule has 0 spiro atoms. The minimum atomic E-state index is -0.672. The van der Waals surface area contributed by atoms with Gasteiger partial charge in [-0.2, -0.15) is 0 Å². The lowest BCUT2D eigenvalue weighted by Gasteiger charge is -2.22. The van der Waals surface area contributed by atoms with Gasteiger partial charge in [0.2, 0.25) is 5.91 Å². The van der Waals surface area contributed by atoms with Gasteiger partial charge in [-0.25, -0.2) is 0 Å². The number of hydrogen-bond donors (Lipinski definition) is 3. The number of amides is 1. The van der Waals surface area contributed by atoms with Crippen molar-refractivity contribution in [2.45, 2.75) is 366 Å². The van der Waals surface area contributed by atoms with E-state index in [2.05, 4.69) is 43.5 Å². The Balaban J connectivity index is 3.44. The Bertz CT molecular complexity index is 1110. The molecule has 2 unspecified atom stereocenters. The zero-order valence-corrected chi connectivity index (χ0v) is 48.0. The summed E-state index contributed by atoms with van der Waals surface area (Å²) in [7, 11) is 0. The van der Waals surface area contributed by atoms with E-state index in [0.29, 0.717) is 25.9 Å². The molecule has 6 nitrogen and oxygen atoms in total. The Morgan fingerprint density at radius 2 is 0.662 bits per heavy atom. The van der Waals surface area contributed by atoms with Crippen LogP contribution >= 0.6 is 0 Å². The minimum absolute atomic E-state index is 0.00390. The molecule has 3 N–H and O–H groups in total. The maximum Gasteiger partial charge on any atom is 0.305 e. The van der Waals surface area contributed by atoms with Crippen LogP contribution in [0.4, 0.5) is 0 Å². The second-order valence-corrected chi connectivity index (χ2v) is 22.1. The van der Waals surface area contributed by atoms with E-state index in [1.54, 1.807) is 0 Å². The highest BCUT2D eigenvalue weighted by Gasteiger charge is 2.20. The highest BCUT2D eigenvalue weighted by atomic mass is 16.5. The van der Waals surface area contributed by atoms with Crippen LogP contribution in [0.3, 0.4) is 0 Å². The van der Waals surface area contributed by atoms with Crippen molar-refractivity contribution in [3.63, 3.8) is 0 Å². The van der Waals surface area contributed by atoms with Gasteiger partial charge in [-0.15, -0.1) is 0 Å². The van der Waals surface area contributed by atoms with Crippen molar-refractivity contribution in [3.05, 3.63) is 24.3 Å². The zero-order valence-electron chi connectivity index (χ0n) is 48.0. The van der Waals surface area contributed by atoms with Crippen LogP contribution in [0.1, 0.15) is 354 Å². The Morgan fingerprint density at radius 3 is 1.00 bits per heavy atom. The number of nitrogens with one attached hydrogen (secondary N) is 1. The molecule has 0 heterocycles. The molecule has 2 atom stereocenters. The van der Waals surface area contributed by atoms with Gasteiger partial charge in [0.15, 0.2) is 0 Å². The van der Waals surface area contributed by atoms with Crippen molar-refractivity contribution in [2.75, 3.05) is 13.2 Å². The summed E-state index contributed by atoms with van der Waals surface area (Å²) in [5.74, 6) is -0.0452. The fraction of sp³-hybridized carbons (Fsp3) is 0.908. The summed E-state index contributed by atoms with van der Waals surface area (Å²) in [6.07, 6.45) is 74.7. The molecular formula is C65H125NO5. The lowest BCUT2D eigenvalue weighted by atomic mass is 10.0. The average Bonchev–Trinajstić information content (AvgIpc) is 3.37.